The summed E-state index contributed by atoms with van der Waals surface area (Å²) in [6.07, 6.45) is 0. The van der Waals surface area contributed by atoms with Crippen molar-refractivity contribution in [2.75, 3.05) is 17.2 Å². The lowest BCUT2D eigenvalue weighted by atomic mass is 10.3. The van der Waals surface area contributed by atoms with Crippen LogP contribution >= 0.6 is 15.9 Å². The Bertz CT molecular complexity index is 1160. The van der Waals surface area contributed by atoms with Gasteiger partial charge in [0.1, 0.15) is 5.75 Å². The van der Waals surface area contributed by atoms with Gasteiger partial charge in [0.05, 0.1) is 11.5 Å². The van der Waals surface area contributed by atoms with Gasteiger partial charge < -0.3 is 10.1 Å². The number of sulfonamides is 1. The van der Waals surface area contributed by atoms with E-state index in [2.05, 4.69) is 40.9 Å². The number of nitrogens with one attached hydrogen (secondary N) is 2. The van der Waals surface area contributed by atoms with Gasteiger partial charge in [0.2, 0.25) is 11.9 Å². The van der Waals surface area contributed by atoms with Crippen molar-refractivity contribution in [2.45, 2.75) is 25.7 Å². The number of aromatic nitrogens is 2. The monoisotopic (exact) mass is 503 g/mol. The van der Waals surface area contributed by atoms with Crippen molar-refractivity contribution in [3.05, 3.63) is 70.5 Å². The Kier molecular flexibility index (Phi) is 7.24. The number of nitrogens with zero attached hydrogens (tertiary/aromatic N) is 3. The number of rotatable bonds is 6. The molecule has 3 aromatic rings. The standard InChI is InChI=1S/C21H22BrN5O3S/c1-4-30-18-9-7-17(8-10-18)25-21(26-20-23-14(2)13-15(3)24-20)27-31(28,29)19-11-5-16(22)6-12-19/h5-13H,4H2,1-3H3,(H2,23,24,25,26,27). The van der Waals surface area contributed by atoms with Crippen LogP contribution in [0.25, 0.3) is 0 Å². The van der Waals surface area contributed by atoms with Gasteiger partial charge in [-0.05, 0) is 75.4 Å². The highest BCUT2D eigenvalue weighted by Gasteiger charge is 2.16. The number of aryl methyl sites for hydroxylation is 2. The molecule has 2 aromatic carbocycles. The summed E-state index contributed by atoms with van der Waals surface area (Å²) in [5.74, 6) is 0.914. The van der Waals surface area contributed by atoms with E-state index in [4.69, 9.17) is 4.74 Å². The van der Waals surface area contributed by atoms with Gasteiger partial charge >= 0.3 is 0 Å². The average molecular weight is 504 g/mol. The van der Waals surface area contributed by atoms with Crippen LogP contribution in [-0.4, -0.2) is 31.0 Å². The van der Waals surface area contributed by atoms with Gasteiger partial charge in [-0.3, -0.25) is 5.32 Å². The van der Waals surface area contributed by atoms with Crippen LogP contribution in [0.5, 0.6) is 5.75 Å². The van der Waals surface area contributed by atoms with Crippen molar-refractivity contribution in [2.24, 2.45) is 4.40 Å². The molecule has 8 nitrogen and oxygen atoms in total. The molecular weight excluding hydrogens is 482 g/mol. The molecule has 0 atom stereocenters. The van der Waals surface area contributed by atoms with Crippen molar-refractivity contribution in [3.8, 4) is 5.75 Å². The second-order valence-electron chi connectivity index (χ2n) is 6.55. The van der Waals surface area contributed by atoms with Gasteiger partial charge in [0.25, 0.3) is 10.0 Å². The van der Waals surface area contributed by atoms with E-state index in [0.29, 0.717) is 18.0 Å². The molecule has 0 aliphatic rings. The van der Waals surface area contributed by atoms with Gasteiger partial charge in [-0.1, -0.05) is 15.9 Å². The zero-order valence-corrected chi connectivity index (χ0v) is 19.7. The summed E-state index contributed by atoms with van der Waals surface area (Å²) < 4.78 is 35.9. The van der Waals surface area contributed by atoms with Crippen molar-refractivity contribution in [3.63, 3.8) is 0 Å². The number of hydrogen-bond acceptors (Lipinski definition) is 5. The quantitative estimate of drug-likeness (QED) is 0.376. The second kappa shape index (κ2) is 9.88. The Labute approximate surface area is 190 Å². The number of halogens is 1. The minimum Gasteiger partial charge on any atom is -0.494 e. The van der Waals surface area contributed by atoms with E-state index in [9.17, 15) is 8.42 Å². The van der Waals surface area contributed by atoms with E-state index in [-0.39, 0.29) is 16.8 Å². The molecule has 0 unspecified atom stereocenters. The first-order valence-corrected chi connectivity index (χ1v) is 11.7. The molecule has 0 spiro atoms. The van der Waals surface area contributed by atoms with Crippen LogP contribution in [0, 0.1) is 13.8 Å². The molecule has 1 aromatic heterocycles. The normalized spacial score (nSPS) is 11.8. The predicted octanol–water partition coefficient (Wildman–Crippen LogP) is 4.52. The maximum absolute atomic E-state index is 12.9. The maximum atomic E-state index is 12.9. The average Bonchev–Trinajstić information content (AvgIpc) is 2.69. The molecule has 0 amide bonds. The summed E-state index contributed by atoms with van der Waals surface area (Å²) in [5.41, 5.74) is 2.10. The number of hydrogen-bond donors (Lipinski definition) is 2. The van der Waals surface area contributed by atoms with Gasteiger partial charge in [-0.2, -0.15) is 8.42 Å². The second-order valence-corrected chi connectivity index (χ2v) is 9.07. The SMILES string of the molecule is CCOc1ccc(N/C(=N\S(=O)(=O)c2ccc(Br)cc2)Nc2nc(C)cc(C)n2)cc1. The highest BCUT2D eigenvalue weighted by Crippen LogP contribution is 2.19. The number of benzene rings is 2. The minimum absolute atomic E-state index is 0.0305. The van der Waals surface area contributed by atoms with Crippen LogP contribution in [-0.2, 0) is 10.0 Å². The third kappa shape index (κ3) is 6.50. The van der Waals surface area contributed by atoms with Crippen LogP contribution < -0.4 is 15.4 Å². The molecule has 0 bridgehead atoms. The summed E-state index contributed by atoms with van der Waals surface area (Å²) in [4.78, 5) is 8.67. The lowest BCUT2D eigenvalue weighted by molar-refractivity contribution is 0.340. The zero-order valence-electron chi connectivity index (χ0n) is 17.3. The first kappa shape index (κ1) is 22.7. The Morgan fingerprint density at radius 1 is 1.00 bits per heavy atom. The number of guanidine groups is 1. The molecule has 0 aliphatic heterocycles. The van der Waals surface area contributed by atoms with Gasteiger partial charge in [-0.25, -0.2) is 9.97 Å². The minimum atomic E-state index is -3.99. The van der Waals surface area contributed by atoms with Crippen molar-refractivity contribution >= 4 is 43.5 Å². The van der Waals surface area contributed by atoms with E-state index >= 15 is 0 Å². The van der Waals surface area contributed by atoms with E-state index in [1.807, 2.05) is 26.8 Å². The lowest BCUT2D eigenvalue weighted by Crippen LogP contribution is -2.25. The largest absolute Gasteiger partial charge is 0.494 e. The molecule has 0 saturated heterocycles. The fourth-order valence-corrected chi connectivity index (χ4v) is 3.86. The fourth-order valence-electron chi connectivity index (χ4n) is 2.68. The summed E-state index contributed by atoms with van der Waals surface area (Å²) in [6, 6.07) is 15.1. The number of anilines is 2. The van der Waals surface area contributed by atoms with Gasteiger partial charge in [0.15, 0.2) is 0 Å². The third-order valence-electron chi connectivity index (χ3n) is 3.96. The summed E-state index contributed by atoms with van der Waals surface area (Å²) in [7, 11) is -3.99. The molecule has 0 aliphatic carbocycles. The molecule has 3 rings (SSSR count). The van der Waals surface area contributed by atoms with E-state index in [1.165, 1.54) is 12.1 Å². The molecule has 10 heteroatoms. The highest BCUT2D eigenvalue weighted by molar-refractivity contribution is 9.10. The third-order valence-corrected chi connectivity index (χ3v) is 5.78. The van der Waals surface area contributed by atoms with Gasteiger partial charge in [-0.15, -0.1) is 4.40 Å². The maximum Gasteiger partial charge on any atom is 0.285 e. The molecule has 31 heavy (non-hydrogen) atoms. The molecule has 0 radical (unpaired) electrons. The van der Waals surface area contributed by atoms with E-state index < -0.39 is 10.0 Å². The fraction of sp³-hybridized carbons (Fsp3) is 0.190. The zero-order chi connectivity index (χ0) is 22.4. The summed E-state index contributed by atoms with van der Waals surface area (Å²) >= 11 is 3.30. The Hall–Kier alpha value is -2.98. The Morgan fingerprint density at radius 2 is 1.61 bits per heavy atom. The smallest absolute Gasteiger partial charge is 0.285 e. The van der Waals surface area contributed by atoms with Crippen molar-refractivity contribution in [1.29, 1.82) is 0 Å². The molecule has 162 valence electrons. The van der Waals surface area contributed by atoms with E-state index in [0.717, 1.165) is 15.9 Å². The molecule has 0 saturated carbocycles. The molecule has 2 N–H and O–H groups in total. The van der Waals surface area contributed by atoms with Crippen LogP contribution in [0.15, 0.2) is 68.4 Å². The van der Waals surface area contributed by atoms with Crippen LogP contribution in [0.1, 0.15) is 18.3 Å². The molecule has 1 heterocycles. The summed E-state index contributed by atoms with van der Waals surface area (Å²) in [6.45, 7) is 6.11. The predicted molar refractivity (Wildman–Crippen MR) is 125 cm³/mol. The first-order valence-electron chi connectivity index (χ1n) is 9.45. The highest BCUT2D eigenvalue weighted by atomic mass is 79.9. The van der Waals surface area contributed by atoms with Crippen LogP contribution in [0.3, 0.4) is 0 Å². The first-order chi connectivity index (χ1) is 14.7. The molecular formula is C21H22BrN5O3S. The Morgan fingerprint density at radius 3 is 2.19 bits per heavy atom. The summed E-state index contributed by atoms with van der Waals surface area (Å²) in [5, 5.41) is 5.87. The topological polar surface area (TPSA) is 106 Å². The van der Waals surface area contributed by atoms with Crippen molar-refractivity contribution < 1.29 is 13.2 Å². The van der Waals surface area contributed by atoms with Gasteiger partial charge in [0, 0.05) is 21.5 Å². The lowest BCUT2D eigenvalue weighted by Gasteiger charge is -2.13. The number of ether oxygens (including phenoxy) is 1. The van der Waals surface area contributed by atoms with Crippen molar-refractivity contribution in [1.82, 2.24) is 9.97 Å². The molecule has 0 fully saturated rings. The van der Waals surface area contributed by atoms with Crippen LogP contribution in [0.4, 0.5) is 11.6 Å². The van der Waals surface area contributed by atoms with E-state index in [1.54, 1.807) is 36.4 Å². The Balaban J connectivity index is 1.96. The van der Waals surface area contributed by atoms with Crippen LogP contribution in [0.2, 0.25) is 0 Å².